The first-order valence-electron chi connectivity index (χ1n) is 6.05. The van der Waals surface area contributed by atoms with Gasteiger partial charge < -0.3 is 5.73 Å². The third kappa shape index (κ3) is 1.87. The molecule has 3 aromatic rings. The number of pyridine rings is 1. The smallest absolute Gasteiger partial charge is 0.270 e. The van der Waals surface area contributed by atoms with Gasteiger partial charge in [-0.3, -0.25) is 14.5 Å². The Labute approximate surface area is 114 Å². The molecule has 6 nitrogen and oxygen atoms in total. The Bertz CT molecular complexity index is 823. The Hall–Kier alpha value is -2.89. The van der Waals surface area contributed by atoms with Gasteiger partial charge in [0.25, 0.3) is 5.69 Å². The summed E-state index contributed by atoms with van der Waals surface area (Å²) in [5, 5.41) is 10.8. The summed E-state index contributed by atoms with van der Waals surface area (Å²) >= 11 is 0. The highest BCUT2D eigenvalue weighted by atomic mass is 16.6. The SMILES string of the molecule is Cc1ccn2c(N)c(-c3cccc([N+](=O)[O-])c3)nc2c1. The van der Waals surface area contributed by atoms with Gasteiger partial charge in [-0.25, -0.2) is 4.98 Å². The second-order valence-electron chi connectivity index (χ2n) is 4.59. The van der Waals surface area contributed by atoms with Gasteiger partial charge in [-0.15, -0.1) is 0 Å². The van der Waals surface area contributed by atoms with Gasteiger partial charge in [0, 0.05) is 23.9 Å². The van der Waals surface area contributed by atoms with E-state index in [-0.39, 0.29) is 5.69 Å². The lowest BCUT2D eigenvalue weighted by atomic mass is 10.1. The van der Waals surface area contributed by atoms with Crippen LogP contribution in [0.3, 0.4) is 0 Å². The number of fused-ring (bicyclic) bond motifs is 1. The quantitative estimate of drug-likeness (QED) is 0.572. The Morgan fingerprint density at radius 3 is 2.85 bits per heavy atom. The van der Waals surface area contributed by atoms with E-state index < -0.39 is 4.92 Å². The third-order valence-corrected chi connectivity index (χ3v) is 3.15. The first-order valence-corrected chi connectivity index (χ1v) is 6.05. The summed E-state index contributed by atoms with van der Waals surface area (Å²) in [5.41, 5.74) is 9.10. The monoisotopic (exact) mass is 268 g/mol. The summed E-state index contributed by atoms with van der Waals surface area (Å²) in [4.78, 5) is 14.9. The van der Waals surface area contributed by atoms with E-state index in [1.165, 1.54) is 12.1 Å². The molecule has 0 aliphatic heterocycles. The molecule has 0 fully saturated rings. The van der Waals surface area contributed by atoms with Crippen LogP contribution < -0.4 is 5.73 Å². The topological polar surface area (TPSA) is 86.5 Å². The van der Waals surface area contributed by atoms with Gasteiger partial charge in [-0.1, -0.05) is 12.1 Å². The van der Waals surface area contributed by atoms with E-state index in [1.807, 2.05) is 25.3 Å². The van der Waals surface area contributed by atoms with Gasteiger partial charge >= 0.3 is 0 Å². The Morgan fingerprint density at radius 2 is 2.10 bits per heavy atom. The number of nitro groups is 1. The van der Waals surface area contributed by atoms with Crippen LogP contribution in [0.15, 0.2) is 42.6 Å². The fourth-order valence-electron chi connectivity index (χ4n) is 2.14. The van der Waals surface area contributed by atoms with Crippen molar-refractivity contribution < 1.29 is 4.92 Å². The number of rotatable bonds is 2. The van der Waals surface area contributed by atoms with E-state index in [4.69, 9.17) is 5.73 Å². The molecule has 0 saturated carbocycles. The standard InChI is InChI=1S/C14H12N4O2/c1-9-5-6-17-12(7-9)16-13(14(17)15)10-3-2-4-11(8-10)18(19)20/h2-8H,15H2,1H3. The molecule has 2 aromatic heterocycles. The molecular formula is C14H12N4O2. The number of nitrogen functional groups attached to an aromatic ring is 1. The number of hydrogen-bond acceptors (Lipinski definition) is 4. The summed E-state index contributed by atoms with van der Waals surface area (Å²) in [6.07, 6.45) is 1.84. The maximum atomic E-state index is 10.8. The molecule has 0 atom stereocenters. The second-order valence-corrected chi connectivity index (χ2v) is 4.59. The van der Waals surface area contributed by atoms with Gasteiger partial charge in [-0.2, -0.15) is 0 Å². The predicted octanol–water partition coefficient (Wildman–Crippen LogP) is 2.80. The fraction of sp³-hybridized carbons (Fsp3) is 0.0714. The largest absolute Gasteiger partial charge is 0.383 e. The van der Waals surface area contributed by atoms with Crippen molar-refractivity contribution in [2.45, 2.75) is 6.92 Å². The van der Waals surface area contributed by atoms with Crippen molar-refractivity contribution in [1.29, 1.82) is 0 Å². The molecule has 20 heavy (non-hydrogen) atoms. The maximum absolute atomic E-state index is 10.8. The minimum atomic E-state index is -0.431. The molecular weight excluding hydrogens is 256 g/mol. The zero-order valence-electron chi connectivity index (χ0n) is 10.8. The van der Waals surface area contributed by atoms with Gasteiger partial charge in [0.2, 0.25) is 0 Å². The van der Waals surface area contributed by atoms with Crippen LogP contribution >= 0.6 is 0 Å². The summed E-state index contributed by atoms with van der Waals surface area (Å²) in [6, 6.07) is 10.2. The molecule has 2 N–H and O–H groups in total. The molecule has 0 saturated heterocycles. The summed E-state index contributed by atoms with van der Waals surface area (Å²) < 4.78 is 1.77. The van der Waals surface area contributed by atoms with Crippen LogP contribution in [0.5, 0.6) is 0 Å². The van der Waals surface area contributed by atoms with Crippen LogP contribution in [0.1, 0.15) is 5.56 Å². The highest BCUT2D eigenvalue weighted by molar-refractivity contribution is 5.76. The molecule has 1 aromatic carbocycles. The molecule has 0 amide bonds. The highest BCUT2D eigenvalue weighted by Crippen LogP contribution is 2.29. The number of nitro benzene ring substituents is 1. The van der Waals surface area contributed by atoms with Crippen LogP contribution in [-0.4, -0.2) is 14.3 Å². The van der Waals surface area contributed by atoms with E-state index in [2.05, 4.69) is 4.98 Å². The Kier molecular flexibility index (Phi) is 2.64. The number of benzene rings is 1. The number of anilines is 1. The van der Waals surface area contributed by atoms with Crippen molar-refractivity contribution >= 4 is 17.2 Å². The minimum absolute atomic E-state index is 0.0233. The number of aryl methyl sites for hydroxylation is 1. The molecule has 100 valence electrons. The van der Waals surface area contributed by atoms with Crippen LogP contribution in [0.25, 0.3) is 16.9 Å². The highest BCUT2D eigenvalue weighted by Gasteiger charge is 2.14. The second kappa shape index (κ2) is 4.34. The van der Waals surface area contributed by atoms with Crippen molar-refractivity contribution in [3.8, 4) is 11.3 Å². The van der Waals surface area contributed by atoms with E-state index in [9.17, 15) is 10.1 Å². The Morgan fingerprint density at radius 1 is 1.30 bits per heavy atom. The number of imidazole rings is 1. The average molecular weight is 268 g/mol. The van der Waals surface area contributed by atoms with E-state index >= 15 is 0 Å². The first kappa shape index (κ1) is 12.2. The van der Waals surface area contributed by atoms with Crippen LogP contribution in [0.2, 0.25) is 0 Å². The number of hydrogen-bond donors (Lipinski definition) is 1. The van der Waals surface area contributed by atoms with E-state index in [1.54, 1.807) is 16.5 Å². The van der Waals surface area contributed by atoms with Crippen LogP contribution in [0, 0.1) is 17.0 Å². The van der Waals surface area contributed by atoms with Crippen molar-refractivity contribution in [3.05, 3.63) is 58.3 Å². The van der Waals surface area contributed by atoms with Crippen molar-refractivity contribution in [1.82, 2.24) is 9.38 Å². The molecule has 6 heteroatoms. The maximum Gasteiger partial charge on any atom is 0.270 e. The van der Waals surface area contributed by atoms with E-state index in [0.717, 1.165) is 11.2 Å². The van der Waals surface area contributed by atoms with Crippen LogP contribution in [-0.2, 0) is 0 Å². The molecule has 0 bridgehead atoms. The normalized spacial score (nSPS) is 10.8. The first-order chi connectivity index (χ1) is 9.56. The minimum Gasteiger partial charge on any atom is -0.383 e. The number of nitrogens with two attached hydrogens (primary N) is 1. The summed E-state index contributed by atoms with van der Waals surface area (Å²) in [6.45, 7) is 1.97. The van der Waals surface area contributed by atoms with Crippen molar-refractivity contribution in [2.75, 3.05) is 5.73 Å². The summed E-state index contributed by atoms with van der Waals surface area (Å²) in [7, 11) is 0. The fourth-order valence-corrected chi connectivity index (χ4v) is 2.14. The summed E-state index contributed by atoms with van der Waals surface area (Å²) in [5.74, 6) is 0.473. The number of nitrogens with zero attached hydrogens (tertiary/aromatic N) is 3. The molecule has 0 spiro atoms. The number of aromatic nitrogens is 2. The van der Waals surface area contributed by atoms with Gasteiger partial charge in [0.1, 0.15) is 17.2 Å². The number of non-ortho nitro benzene ring substituents is 1. The lowest BCUT2D eigenvalue weighted by molar-refractivity contribution is -0.384. The molecule has 3 rings (SSSR count). The van der Waals surface area contributed by atoms with E-state index in [0.29, 0.717) is 17.1 Å². The lowest BCUT2D eigenvalue weighted by Crippen LogP contribution is -1.94. The predicted molar refractivity (Wildman–Crippen MR) is 76.4 cm³/mol. The van der Waals surface area contributed by atoms with Gasteiger partial charge in [0.15, 0.2) is 0 Å². The average Bonchev–Trinajstić information content (AvgIpc) is 2.75. The van der Waals surface area contributed by atoms with Gasteiger partial charge in [0.05, 0.1) is 4.92 Å². The molecule has 0 aliphatic carbocycles. The van der Waals surface area contributed by atoms with Crippen LogP contribution in [0.4, 0.5) is 11.5 Å². The third-order valence-electron chi connectivity index (χ3n) is 3.15. The molecule has 2 heterocycles. The zero-order valence-corrected chi connectivity index (χ0v) is 10.8. The molecule has 0 radical (unpaired) electrons. The zero-order chi connectivity index (χ0) is 14.3. The van der Waals surface area contributed by atoms with Gasteiger partial charge in [-0.05, 0) is 24.6 Å². The Balaban J connectivity index is 2.21. The van der Waals surface area contributed by atoms with Crippen molar-refractivity contribution in [2.24, 2.45) is 0 Å². The van der Waals surface area contributed by atoms with Crippen molar-refractivity contribution in [3.63, 3.8) is 0 Å². The molecule has 0 aliphatic rings. The lowest BCUT2D eigenvalue weighted by Gasteiger charge is -1.99. The molecule has 0 unspecified atom stereocenters.